The summed E-state index contributed by atoms with van der Waals surface area (Å²) in [6, 6.07) is 0. The van der Waals surface area contributed by atoms with E-state index in [0.29, 0.717) is 13.8 Å². The molecule has 49 valence electrons. The minimum Gasteiger partial charge on any atom is -0.235 e. The predicted molar refractivity (Wildman–Crippen MR) is 20.8 cm³/mol. The fraction of sp³-hybridized carbons (Fsp3) is 1.00. The maximum absolute atomic E-state index is 11.8. The number of rotatable bonds is 1. The second-order valence-corrected chi connectivity index (χ2v) is 1.99. The van der Waals surface area contributed by atoms with Gasteiger partial charge in [0.15, 0.2) is 5.67 Å². The van der Waals surface area contributed by atoms with Crippen molar-refractivity contribution in [1.29, 1.82) is 0 Å². The van der Waals surface area contributed by atoms with Gasteiger partial charge in [-0.3, -0.25) is 0 Å². The van der Waals surface area contributed by atoms with Crippen LogP contribution in [-0.2, 0) is 5.11 Å². The van der Waals surface area contributed by atoms with E-state index in [4.69, 9.17) is 0 Å². The van der Waals surface area contributed by atoms with Crippen LogP contribution in [0.25, 0.3) is 0 Å². The first-order chi connectivity index (χ1) is 3.25. The molecule has 0 fully saturated rings. The second kappa shape index (κ2) is 1.62. The molecule has 0 aliphatic heterocycles. The fourth-order valence-corrected chi connectivity index (χ4v) is 0. The van der Waals surface area contributed by atoms with Crippen molar-refractivity contribution < 1.29 is 18.3 Å². The van der Waals surface area contributed by atoms with E-state index in [1.807, 2.05) is 0 Å². The van der Waals surface area contributed by atoms with Crippen molar-refractivity contribution in [2.45, 2.75) is 25.6 Å². The van der Waals surface area contributed by atoms with E-state index in [2.05, 4.69) is 0 Å². The summed E-state index contributed by atoms with van der Waals surface area (Å²) < 4.78 is 34.4. The lowest BCUT2D eigenvalue weighted by Crippen LogP contribution is -2.36. The van der Waals surface area contributed by atoms with E-state index in [0.717, 1.165) is 0 Å². The van der Waals surface area contributed by atoms with Crippen molar-refractivity contribution in [1.82, 2.24) is 0 Å². The maximum Gasteiger partial charge on any atom is 0.414 e. The molecule has 0 heterocycles. The highest BCUT2D eigenvalue weighted by Gasteiger charge is 2.47. The Kier molecular flexibility index (Phi) is 1.57. The predicted octanol–water partition coefficient (Wildman–Crippen LogP) is 1.76. The van der Waals surface area contributed by atoms with Crippen molar-refractivity contribution in [2.24, 2.45) is 0 Å². The molecule has 0 aromatic carbocycles. The third-order valence-corrected chi connectivity index (χ3v) is 0.692. The summed E-state index contributed by atoms with van der Waals surface area (Å²) in [6.45, 7) is 1.08. The molecule has 1 nitrogen and oxygen atoms in total. The highest BCUT2D eigenvalue weighted by molar-refractivity contribution is 4.74. The highest BCUT2D eigenvalue weighted by Crippen LogP contribution is 2.28. The number of hydrogen-bond acceptors (Lipinski definition) is 0. The Labute approximate surface area is 45.1 Å². The van der Waals surface area contributed by atoms with Gasteiger partial charge in [0, 0.05) is 0 Å². The first-order valence-electron chi connectivity index (χ1n) is 2.02. The van der Waals surface area contributed by atoms with Gasteiger partial charge in [0.05, 0.1) is 0 Å². The van der Waals surface area contributed by atoms with Gasteiger partial charge < -0.3 is 0 Å². The number of hydrogen-bond donors (Lipinski definition) is 0. The van der Waals surface area contributed by atoms with Crippen LogP contribution in [0.15, 0.2) is 0 Å². The molecule has 0 bridgehead atoms. The Hall–Kier alpha value is -0.250. The standard InChI is InChI=1S/C4H6F3O/c1-3(2,5)4(6,7)8/h1-2H3. The van der Waals surface area contributed by atoms with Crippen molar-refractivity contribution >= 4 is 0 Å². The van der Waals surface area contributed by atoms with Crippen LogP contribution < -0.4 is 0 Å². The molecule has 0 N–H and O–H groups in total. The molecule has 0 aromatic rings. The maximum atomic E-state index is 11.8. The van der Waals surface area contributed by atoms with E-state index >= 15 is 0 Å². The summed E-state index contributed by atoms with van der Waals surface area (Å²) in [7, 11) is 0. The summed E-state index contributed by atoms with van der Waals surface area (Å²) in [6.07, 6.45) is -4.48. The first kappa shape index (κ1) is 7.75. The van der Waals surface area contributed by atoms with E-state index in [1.54, 1.807) is 0 Å². The molecular formula is C4H6F3O. The van der Waals surface area contributed by atoms with E-state index in [-0.39, 0.29) is 0 Å². The van der Waals surface area contributed by atoms with Crippen LogP contribution in [0.5, 0.6) is 0 Å². The van der Waals surface area contributed by atoms with Crippen LogP contribution in [0.1, 0.15) is 13.8 Å². The Balaban J connectivity index is 4.02. The average Bonchev–Trinajstić information content (AvgIpc) is 1.25. The Morgan fingerprint density at radius 3 is 1.25 bits per heavy atom. The van der Waals surface area contributed by atoms with Gasteiger partial charge in [0.2, 0.25) is 0 Å². The zero-order chi connectivity index (χ0) is 7.00. The molecule has 4 heteroatoms. The third kappa shape index (κ3) is 1.69. The van der Waals surface area contributed by atoms with Crippen LogP contribution in [0, 0.1) is 0 Å². The van der Waals surface area contributed by atoms with Crippen LogP contribution >= 0.6 is 0 Å². The van der Waals surface area contributed by atoms with Crippen LogP contribution in [0.2, 0.25) is 0 Å². The Bertz CT molecular complexity index is 66.3. The topological polar surface area (TPSA) is 19.9 Å². The van der Waals surface area contributed by atoms with Gasteiger partial charge in [0.1, 0.15) is 0 Å². The Morgan fingerprint density at radius 2 is 1.25 bits per heavy atom. The van der Waals surface area contributed by atoms with Crippen molar-refractivity contribution in [3.05, 3.63) is 0 Å². The summed E-state index contributed by atoms with van der Waals surface area (Å²) in [5.74, 6) is 0. The van der Waals surface area contributed by atoms with Gasteiger partial charge in [-0.05, 0) is 13.8 Å². The lowest BCUT2D eigenvalue weighted by molar-refractivity contribution is -0.306. The fourth-order valence-electron chi connectivity index (χ4n) is 0. The van der Waals surface area contributed by atoms with E-state index < -0.39 is 11.8 Å². The molecule has 0 atom stereocenters. The van der Waals surface area contributed by atoms with Crippen LogP contribution in [0.4, 0.5) is 13.2 Å². The molecule has 0 rings (SSSR count). The number of halogens is 3. The molecular weight excluding hydrogens is 121 g/mol. The van der Waals surface area contributed by atoms with Gasteiger partial charge >= 0.3 is 6.11 Å². The van der Waals surface area contributed by atoms with E-state index in [9.17, 15) is 18.3 Å². The normalized spacial score (nSPS) is 14.2. The quantitative estimate of drug-likeness (QED) is 0.511. The van der Waals surface area contributed by atoms with Crippen molar-refractivity contribution in [3.63, 3.8) is 0 Å². The van der Waals surface area contributed by atoms with Gasteiger partial charge in [-0.25, -0.2) is 4.39 Å². The lowest BCUT2D eigenvalue weighted by Gasteiger charge is -2.17. The van der Waals surface area contributed by atoms with Gasteiger partial charge in [-0.15, -0.1) is 0 Å². The lowest BCUT2D eigenvalue weighted by atomic mass is 10.1. The Morgan fingerprint density at radius 1 is 1.12 bits per heavy atom. The molecule has 0 aliphatic carbocycles. The molecule has 8 heavy (non-hydrogen) atoms. The summed E-state index contributed by atoms with van der Waals surface area (Å²) in [5, 5.41) is 9.42. The van der Waals surface area contributed by atoms with E-state index in [1.165, 1.54) is 0 Å². The minimum absolute atomic E-state index is 0.542. The average molecular weight is 127 g/mol. The van der Waals surface area contributed by atoms with Gasteiger partial charge in [-0.2, -0.15) is 13.9 Å². The van der Waals surface area contributed by atoms with Crippen molar-refractivity contribution in [2.75, 3.05) is 0 Å². The van der Waals surface area contributed by atoms with Crippen LogP contribution in [-0.4, -0.2) is 11.8 Å². The first-order valence-corrected chi connectivity index (χ1v) is 2.02. The molecule has 0 aliphatic rings. The molecule has 0 aromatic heterocycles. The molecule has 0 amide bonds. The minimum atomic E-state index is -4.48. The second-order valence-electron chi connectivity index (χ2n) is 1.99. The summed E-state index contributed by atoms with van der Waals surface area (Å²) in [4.78, 5) is 0. The SMILES string of the molecule is CC(C)(F)C([O])(F)F. The van der Waals surface area contributed by atoms with Gasteiger partial charge in [0.25, 0.3) is 0 Å². The van der Waals surface area contributed by atoms with Crippen LogP contribution in [0.3, 0.4) is 0 Å². The summed E-state index contributed by atoms with van der Waals surface area (Å²) in [5.41, 5.74) is -2.95. The zero-order valence-electron chi connectivity index (χ0n) is 4.54. The largest absolute Gasteiger partial charge is 0.414 e. The van der Waals surface area contributed by atoms with Crippen molar-refractivity contribution in [3.8, 4) is 0 Å². The highest BCUT2D eigenvalue weighted by atomic mass is 19.3. The smallest absolute Gasteiger partial charge is 0.235 e. The summed E-state index contributed by atoms with van der Waals surface area (Å²) >= 11 is 0. The van der Waals surface area contributed by atoms with Gasteiger partial charge in [-0.1, -0.05) is 0 Å². The number of alkyl halides is 3. The zero-order valence-corrected chi connectivity index (χ0v) is 4.54. The molecule has 0 saturated carbocycles. The molecule has 1 radical (unpaired) electrons. The molecule has 0 saturated heterocycles. The molecule has 0 unspecified atom stereocenters. The molecule has 0 spiro atoms. The third-order valence-electron chi connectivity index (χ3n) is 0.692. The monoisotopic (exact) mass is 127 g/mol.